The minimum Gasteiger partial charge on any atom is -0.508 e. The predicted octanol–water partition coefficient (Wildman–Crippen LogP) is 2.18. The highest BCUT2D eigenvalue weighted by Gasteiger charge is 2.52. The summed E-state index contributed by atoms with van der Waals surface area (Å²) in [5.74, 6) is -19.5. The zero-order valence-electron chi connectivity index (χ0n) is 66.0. The molecule has 7 aromatic rings. The molecule has 7 aliphatic heterocycles. The van der Waals surface area contributed by atoms with Crippen LogP contribution >= 0.6 is 23.2 Å². The fourth-order valence-corrected chi connectivity index (χ4v) is 15.3. The van der Waals surface area contributed by atoms with E-state index in [1.54, 1.807) is 68.5 Å². The van der Waals surface area contributed by atoms with Crippen LogP contribution in [0.3, 0.4) is 0 Å². The molecule has 7 aromatic carbocycles. The Morgan fingerprint density at radius 3 is 1.98 bits per heavy atom. The van der Waals surface area contributed by atoms with Crippen LogP contribution in [0.2, 0.25) is 10.0 Å². The third-order valence-electron chi connectivity index (χ3n) is 21.5. The summed E-state index contributed by atoms with van der Waals surface area (Å²) in [6.07, 6.45) is -18.9. The first-order valence-electron chi connectivity index (χ1n) is 38.9. The molecule has 8 amide bonds. The van der Waals surface area contributed by atoms with Crippen molar-refractivity contribution >= 4 is 82.4 Å². The van der Waals surface area contributed by atoms with Gasteiger partial charge in [-0.05, 0) is 139 Å². The van der Waals surface area contributed by atoms with Crippen LogP contribution in [0.15, 0.2) is 146 Å². The maximum Gasteiger partial charge on any atom is 0.326 e. The number of rotatable bonds is 24. The molecule has 0 aliphatic carbocycles. The summed E-state index contributed by atoms with van der Waals surface area (Å²) in [5, 5.41) is 146. The highest BCUT2D eigenvalue weighted by atomic mass is 35.5. The van der Waals surface area contributed by atoms with Crippen molar-refractivity contribution in [3.63, 3.8) is 0 Å². The molecule has 11 bridgehead atoms. The Balaban J connectivity index is 1.05. The summed E-state index contributed by atoms with van der Waals surface area (Å²) in [6.45, 7) is 6.45. The van der Waals surface area contributed by atoms with E-state index in [1.807, 2.05) is 6.07 Å². The number of primary amides is 1. The minimum absolute atomic E-state index is 0.120. The highest BCUT2D eigenvalue weighted by molar-refractivity contribution is 6.32. The Labute approximate surface area is 715 Å². The number of phenolic OH excluding ortho intramolecular Hbond substituents is 3. The molecular formula is C84H90Cl2N10O28. The first-order valence-corrected chi connectivity index (χ1v) is 39.6. The summed E-state index contributed by atoms with van der Waals surface area (Å²) in [4.78, 5) is 145. The number of phenols is 3. The Kier molecular flexibility index (Phi) is 28.6. The van der Waals surface area contributed by atoms with Gasteiger partial charge in [-0.2, -0.15) is 0 Å². The fourth-order valence-electron chi connectivity index (χ4n) is 14.9. The van der Waals surface area contributed by atoms with Gasteiger partial charge in [-0.3, -0.25) is 43.2 Å². The van der Waals surface area contributed by atoms with Gasteiger partial charge in [-0.1, -0.05) is 89.9 Å². The van der Waals surface area contributed by atoms with Gasteiger partial charge in [-0.15, -0.1) is 6.58 Å². The van der Waals surface area contributed by atoms with Gasteiger partial charge in [0.15, 0.2) is 23.9 Å². The molecule has 2 saturated heterocycles. The molecule has 658 valence electrons. The number of aliphatic carboxylic acids is 2. The zero-order chi connectivity index (χ0) is 89.4. The number of aliphatic hydroxyl groups is 6. The van der Waals surface area contributed by atoms with Crippen molar-refractivity contribution in [2.75, 3.05) is 13.2 Å². The van der Waals surface area contributed by atoms with Gasteiger partial charge >= 0.3 is 11.9 Å². The van der Waals surface area contributed by atoms with Crippen LogP contribution in [-0.4, -0.2) is 214 Å². The van der Waals surface area contributed by atoms with Gasteiger partial charge in [0.2, 0.25) is 59.3 Å². The standard InChI is InChI=1S/C84H90Cl2N10O28/c1-4-5-22-118-44-13-9-12-38(23-44)34-89-84(3)33-61(119-36(2)74(84)108)123-73-71(107)70(106)58(35-97)122-83(73)124-72-56-28-42-29-57(72)121-55-20-16-41(27-48(55)86)69(105)67-81(115)94-65(79(113)90-50(82(116)117)17-21-60(102)103)46-30-43(98)31-53(100)62(46)45-25-39(14-18-52(45)99)63(77(111)96-67)93-78(112)64(42)92-76(110)51(32-59(88)101)91-80(114)66(68(104)40-15-19-54(120-56)47(85)26-40)95-75(109)49(87)24-37-10-7-6-8-11-37/h4,6-16,18-20,23,25-31,36,49-51,58,61,63-71,73-74,83,89,97-100,104-108H,1,5,17,21-22,24,32-35,87H2,2-3H3,(H2,88,101)(H,90,113)(H,91,114)(H,92,110)(H,93,112)(H,94,115)(H,95,109)(H,96,111)(H,102,103)(H,116,117)/t36-,49-,50-,51-,58+,61-,63+,64+,65-,66+,67-,68+,69+,70+,71-,73+,74+,83-,84-/m0/s1. The number of hydrogen-bond acceptors (Lipinski definition) is 28. The van der Waals surface area contributed by atoms with Crippen molar-refractivity contribution in [3.05, 3.63) is 195 Å². The summed E-state index contributed by atoms with van der Waals surface area (Å²) >= 11 is 14.4. The maximum atomic E-state index is 16.4. The number of ether oxygens (including phenoxy) is 7. The second-order valence-corrected chi connectivity index (χ2v) is 31.2. The van der Waals surface area contributed by atoms with E-state index >= 15 is 24.0 Å². The number of nitrogens with one attached hydrogen (secondary N) is 8. The van der Waals surface area contributed by atoms with Crippen molar-refractivity contribution < 1.29 is 137 Å². The Bertz CT molecular complexity index is 5250. The van der Waals surface area contributed by atoms with Crippen molar-refractivity contribution in [1.29, 1.82) is 0 Å². The van der Waals surface area contributed by atoms with E-state index < -0.39 is 284 Å². The molecule has 7 heterocycles. The molecule has 2 fully saturated rings. The van der Waals surface area contributed by atoms with E-state index in [9.17, 15) is 80.1 Å². The molecule has 14 rings (SSSR count). The van der Waals surface area contributed by atoms with Crippen molar-refractivity contribution in [2.45, 2.75) is 174 Å². The first-order chi connectivity index (χ1) is 59.0. The van der Waals surface area contributed by atoms with Gasteiger partial charge in [0.25, 0.3) is 0 Å². The van der Waals surface area contributed by atoms with Crippen LogP contribution in [0.4, 0.5) is 0 Å². The number of carbonyl (C=O) groups excluding carboxylic acids is 8. The monoisotopic (exact) mass is 1760 g/mol. The topological polar surface area (TPSA) is 606 Å². The Morgan fingerprint density at radius 1 is 0.694 bits per heavy atom. The number of carboxylic acids is 2. The third kappa shape index (κ3) is 20.8. The second kappa shape index (κ2) is 39.1. The third-order valence-corrected chi connectivity index (χ3v) is 22.0. The van der Waals surface area contributed by atoms with Gasteiger partial charge in [-0.25, -0.2) is 4.79 Å². The number of fused-ring (bicyclic) bond motifs is 15. The van der Waals surface area contributed by atoms with Crippen molar-refractivity contribution in [2.24, 2.45) is 11.5 Å². The lowest BCUT2D eigenvalue weighted by molar-refractivity contribution is -0.334. The van der Waals surface area contributed by atoms with E-state index in [0.717, 1.165) is 72.3 Å². The summed E-state index contributed by atoms with van der Waals surface area (Å²) in [7, 11) is 0. The van der Waals surface area contributed by atoms with Crippen LogP contribution in [0.1, 0.15) is 115 Å². The molecule has 0 aromatic heterocycles. The van der Waals surface area contributed by atoms with Gasteiger partial charge in [0.05, 0.1) is 47.9 Å². The minimum atomic E-state index is -2.44. The van der Waals surface area contributed by atoms with Gasteiger partial charge < -0.3 is 143 Å². The molecule has 38 nitrogen and oxygen atoms in total. The lowest BCUT2D eigenvalue weighted by Gasteiger charge is -2.48. The van der Waals surface area contributed by atoms with Gasteiger partial charge in [0, 0.05) is 42.1 Å². The highest BCUT2D eigenvalue weighted by Crippen LogP contribution is 2.50. The lowest BCUT2D eigenvalue weighted by Crippen LogP contribution is -2.65. The average Bonchev–Trinajstić information content (AvgIpc) is 0.765. The molecule has 7 aliphatic rings. The van der Waals surface area contributed by atoms with Crippen molar-refractivity contribution in [1.82, 2.24) is 42.5 Å². The van der Waals surface area contributed by atoms with Gasteiger partial charge in [0.1, 0.15) is 107 Å². The average molecular weight is 1760 g/mol. The SMILES string of the molecule is C=CCCOc1cccc(CN[C@@]2(C)C[C@H](O[C@H]3[C@H](Oc4c5cc6cc4Oc4ccc(cc4Cl)[C@@H](O)[C@@H](NC(=O)[C@@H](N)Cc4ccccc4)C(=O)N[C@@H](CC(N)=O)C(=O)N[C@H]6C(=O)N[C@H]4C(=O)N[C@H](C(=O)N[C@H](C(=O)N[C@@H](CCC(=O)O)C(=O)O)c6cc(O)cc(O)c6-c6cc4ccc6O)[C@H](O)c4ccc(c(Cl)c4)O5)O[C@H](CO)[C@@H](O)[C@@H]3O)O[C@@H](C)[C@H]2O)c1. The van der Waals surface area contributed by atoms with E-state index in [0.29, 0.717) is 30.4 Å². The Hall–Kier alpha value is -12.3. The normalized spacial score (nSPS) is 26.2. The van der Waals surface area contributed by atoms with Crippen LogP contribution < -0.4 is 72.9 Å². The number of carbonyl (C=O) groups is 10. The number of halogens is 2. The van der Waals surface area contributed by atoms with Crippen LogP contribution in [0, 0.1) is 0 Å². The van der Waals surface area contributed by atoms with Crippen LogP contribution in [0.25, 0.3) is 11.1 Å². The quantitative estimate of drug-likeness (QED) is 0.0304. The summed E-state index contributed by atoms with van der Waals surface area (Å²) in [5.41, 5.74) is 8.81. The summed E-state index contributed by atoms with van der Waals surface area (Å²) < 4.78 is 45.3. The molecule has 0 unspecified atom stereocenters. The van der Waals surface area contributed by atoms with E-state index in [1.165, 1.54) is 6.07 Å². The van der Waals surface area contributed by atoms with E-state index in [4.69, 9.17) is 67.8 Å². The molecule has 19 atom stereocenters. The zero-order valence-corrected chi connectivity index (χ0v) is 67.5. The lowest BCUT2D eigenvalue weighted by atomic mass is 9.84. The molecule has 40 heteroatoms. The smallest absolute Gasteiger partial charge is 0.326 e. The molecule has 124 heavy (non-hydrogen) atoms. The van der Waals surface area contributed by atoms with Crippen LogP contribution in [0.5, 0.6) is 51.7 Å². The Morgan fingerprint density at radius 2 is 1.34 bits per heavy atom. The molecule has 0 spiro atoms. The number of aliphatic hydroxyl groups excluding tert-OH is 6. The largest absolute Gasteiger partial charge is 0.508 e. The van der Waals surface area contributed by atoms with E-state index in [-0.39, 0.29) is 30.5 Å². The van der Waals surface area contributed by atoms with Crippen LogP contribution in [-0.2, 0) is 75.1 Å². The predicted molar refractivity (Wildman–Crippen MR) is 433 cm³/mol. The first kappa shape index (κ1) is 90.9. The molecular weight excluding hydrogens is 1670 g/mol. The van der Waals surface area contributed by atoms with Crippen molar-refractivity contribution in [3.8, 4) is 62.9 Å². The number of hydrogen-bond donors (Lipinski definition) is 21. The van der Waals surface area contributed by atoms with E-state index in [2.05, 4.69) is 49.1 Å². The molecule has 23 N–H and O–H groups in total. The number of aromatic hydroxyl groups is 3. The second-order valence-electron chi connectivity index (χ2n) is 30.4. The fraction of sp³-hybridized carbons (Fsp3) is 0.357. The molecule has 0 saturated carbocycles. The number of amides is 8. The molecule has 0 radical (unpaired) electrons. The summed E-state index contributed by atoms with van der Waals surface area (Å²) in [6, 6.07) is 11.2. The number of nitrogens with two attached hydrogens (primary N) is 2. The number of carboxylic acid groups (broad SMARTS) is 2. The maximum absolute atomic E-state index is 16.4. The number of benzene rings is 7.